The van der Waals surface area contributed by atoms with Crippen LogP contribution < -0.4 is 10.5 Å². The first-order chi connectivity index (χ1) is 8.77. The van der Waals surface area contributed by atoms with Crippen LogP contribution in [0.25, 0.3) is 0 Å². The predicted octanol–water partition coefficient (Wildman–Crippen LogP) is 1.63. The average molecular weight is 349 g/mol. The topological polar surface area (TPSA) is 89.3 Å². The molecule has 2 atom stereocenters. The standard InChI is InChI=1S/C12H17BrN2O3S/c1-3-8(2)11(12(14)16)15-19(17,18)10-6-4-9(13)5-7-10/h4-8,11,15H,3H2,1-2H3,(H2,14,16). The molecule has 0 saturated heterocycles. The molecule has 1 aromatic rings. The summed E-state index contributed by atoms with van der Waals surface area (Å²) in [6.07, 6.45) is 0.649. The molecule has 0 aliphatic rings. The molecule has 106 valence electrons. The number of hydrogen-bond donors (Lipinski definition) is 2. The van der Waals surface area contributed by atoms with Crippen LogP contribution in [0.5, 0.6) is 0 Å². The number of sulfonamides is 1. The fraction of sp³-hybridized carbons (Fsp3) is 0.417. The van der Waals surface area contributed by atoms with Crippen LogP contribution in [-0.2, 0) is 14.8 Å². The van der Waals surface area contributed by atoms with Gasteiger partial charge in [0, 0.05) is 4.47 Å². The Kier molecular flexibility index (Phi) is 5.51. The maximum absolute atomic E-state index is 12.1. The number of amides is 1. The van der Waals surface area contributed by atoms with Gasteiger partial charge < -0.3 is 5.73 Å². The molecule has 2 unspecified atom stereocenters. The molecular formula is C12H17BrN2O3S. The van der Waals surface area contributed by atoms with Crippen molar-refractivity contribution in [1.82, 2.24) is 4.72 Å². The van der Waals surface area contributed by atoms with Crippen LogP contribution in [0.2, 0.25) is 0 Å². The highest BCUT2D eigenvalue weighted by atomic mass is 79.9. The number of nitrogens with two attached hydrogens (primary N) is 1. The van der Waals surface area contributed by atoms with E-state index < -0.39 is 22.0 Å². The summed E-state index contributed by atoms with van der Waals surface area (Å²) < 4.78 is 27.4. The normalized spacial score (nSPS) is 14.9. The zero-order valence-corrected chi connectivity index (χ0v) is 13.2. The molecule has 0 radical (unpaired) electrons. The van der Waals surface area contributed by atoms with Crippen LogP contribution in [0.1, 0.15) is 20.3 Å². The summed E-state index contributed by atoms with van der Waals surface area (Å²) in [6.45, 7) is 3.65. The van der Waals surface area contributed by atoms with Gasteiger partial charge in [-0.3, -0.25) is 4.79 Å². The second-order valence-corrected chi connectivity index (χ2v) is 6.97. The van der Waals surface area contributed by atoms with Gasteiger partial charge in [-0.2, -0.15) is 4.72 Å². The smallest absolute Gasteiger partial charge is 0.241 e. The van der Waals surface area contributed by atoms with E-state index in [1.807, 2.05) is 6.92 Å². The molecule has 0 spiro atoms. The lowest BCUT2D eigenvalue weighted by Crippen LogP contribution is -2.48. The van der Waals surface area contributed by atoms with Gasteiger partial charge in [-0.15, -0.1) is 0 Å². The fourth-order valence-corrected chi connectivity index (χ4v) is 3.12. The van der Waals surface area contributed by atoms with Gasteiger partial charge in [-0.1, -0.05) is 36.2 Å². The van der Waals surface area contributed by atoms with Gasteiger partial charge in [0.15, 0.2) is 0 Å². The Morgan fingerprint density at radius 1 is 1.37 bits per heavy atom. The van der Waals surface area contributed by atoms with Crippen LogP contribution in [0.4, 0.5) is 0 Å². The monoisotopic (exact) mass is 348 g/mol. The summed E-state index contributed by atoms with van der Waals surface area (Å²) in [5.74, 6) is -0.835. The highest BCUT2D eigenvalue weighted by molar-refractivity contribution is 9.10. The zero-order valence-electron chi connectivity index (χ0n) is 10.8. The Morgan fingerprint density at radius 2 is 1.89 bits per heavy atom. The fourth-order valence-electron chi connectivity index (χ4n) is 1.54. The minimum absolute atomic E-state index is 0.102. The van der Waals surface area contributed by atoms with Crippen LogP contribution in [-0.4, -0.2) is 20.4 Å². The van der Waals surface area contributed by atoms with E-state index in [4.69, 9.17) is 5.73 Å². The SMILES string of the molecule is CCC(C)C(NS(=O)(=O)c1ccc(Br)cc1)C(N)=O. The third-order valence-corrected chi connectivity index (χ3v) is 4.91. The molecule has 0 aromatic heterocycles. The minimum Gasteiger partial charge on any atom is -0.368 e. The van der Waals surface area contributed by atoms with Crippen molar-refractivity contribution in [2.75, 3.05) is 0 Å². The molecule has 1 aromatic carbocycles. The lowest BCUT2D eigenvalue weighted by Gasteiger charge is -2.21. The predicted molar refractivity (Wildman–Crippen MR) is 76.9 cm³/mol. The molecule has 0 aliphatic heterocycles. The Hall–Kier alpha value is -0.920. The second kappa shape index (κ2) is 6.49. The van der Waals surface area contributed by atoms with E-state index in [2.05, 4.69) is 20.7 Å². The first kappa shape index (κ1) is 16.1. The molecule has 0 bridgehead atoms. The molecule has 1 rings (SSSR count). The van der Waals surface area contributed by atoms with Crippen molar-refractivity contribution in [3.8, 4) is 0 Å². The number of primary amides is 1. The van der Waals surface area contributed by atoms with E-state index in [9.17, 15) is 13.2 Å². The van der Waals surface area contributed by atoms with Crippen molar-refractivity contribution in [1.29, 1.82) is 0 Å². The second-order valence-electron chi connectivity index (χ2n) is 4.34. The van der Waals surface area contributed by atoms with Crippen molar-refractivity contribution in [2.45, 2.75) is 31.2 Å². The molecule has 19 heavy (non-hydrogen) atoms. The number of halogens is 1. The first-order valence-corrected chi connectivity index (χ1v) is 8.12. The number of nitrogens with one attached hydrogen (secondary N) is 1. The number of hydrogen-bond acceptors (Lipinski definition) is 3. The average Bonchev–Trinajstić information content (AvgIpc) is 2.35. The number of carbonyl (C=O) groups excluding carboxylic acids is 1. The van der Waals surface area contributed by atoms with E-state index in [0.717, 1.165) is 4.47 Å². The van der Waals surface area contributed by atoms with Crippen molar-refractivity contribution in [2.24, 2.45) is 11.7 Å². The Labute approximate surface area is 121 Å². The molecule has 0 fully saturated rings. The summed E-state index contributed by atoms with van der Waals surface area (Å²) in [5.41, 5.74) is 5.25. The lowest BCUT2D eigenvalue weighted by molar-refractivity contribution is -0.120. The zero-order chi connectivity index (χ0) is 14.6. The van der Waals surface area contributed by atoms with E-state index in [1.54, 1.807) is 19.1 Å². The molecule has 7 heteroatoms. The number of rotatable bonds is 6. The Balaban J connectivity index is 3.00. The van der Waals surface area contributed by atoms with Crippen molar-refractivity contribution in [3.05, 3.63) is 28.7 Å². The van der Waals surface area contributed by atoms with Gasteiger partial charge in [0.05, 0.1) is 4.90 Å². The van der Waals surface area contributed by atoms with E-state index >= 15 is 0 Å². The van der Waals surface area contributed by atoms with Gasteiger partial charge in [0.25, 0.3) is 0 Å². The van der Waals surface area contributed by atoms with Crippen LogP contribution in [0, 0.1) is 5.92 Å². The lowest BCUT2D eigenvalue weighted by atomic mass is 10.00. The van der Waals surface area contributed by atoms with Gasteiger partial charge in [-0.25, -0.2) is 8.42 Å². The summed E-state index contributed by atoms with van der Waals surface area (Å²) in [4.78, 5) is 11.5. The summed E-state index contributed by atoms with van der Waals surface area (Å²) >= 11 is 3.23. The molecule has 0 saturated carbocycles. The third-order valence-electron chi connectivity index (χ3n) is 2.93. The summed E-state index contributed by atoms with van der Waals surface area (Å²) in [5, 5.41) is 0. The number of benzene rings is 1. The highest BCUT2D eigenvalue weighted by Crippen LogP contribution is 2.16. The maximum atomic E-state index is 12.1. The van der Waals surface area contributed by atoms with Crippen molar-refractivity contribution in [3.63, 3.8) is 0 Å². The summed E-state index contributed by atoms with van der Waals surface area (Å²) in [6, 6.07) is 5.26. The molecule has 0 aliphatic carbocycles. The van der Waals surface area contributed by atoms with Gasteiger partial charge in [0.1, 0.15) is 6.04 Å². The van der Waals surface area contributed by atoms with Gasteiger partial charge in [-0.05, 0) is 30.2 Å². The molecule has 0 heterocycles. The molecule has 3 N–H and O–H groups in total. The summed E-state index contributed by atoms with van der Waals surface area (Å²) in [7, 11) is -3.75. The van der Waals surface area contributed by atoms with Crippen LogP contribution in [0.15, 0.2) is 33.6 Å². The van der Waals surface area contributed by atoms with E-state index in [0.29, 0.717) is 6.42 Å². The molecule has 1 amide bonds. The minimum atomic E-state index is -3.75. The largest absolute Gasteiger partial charge is 0.368 e. The number of carbonyl (C=O) groups is 1. The van der Waals surface area contributed by atoms with Gasteiger partial charge >= 0.3 is 0 Å². The molecular weight excluding hydrogens is 332 g/mol. The quantitative estimate of drug-likeness (QED) is 0.818. The Morgan fingerprint density at radius 3 is 2.32 bits per heavy atom. The van der Waals surface area contributed by atoms with E-state index in [1.165, 1.54) is 12.1 Å². The van der Waals surface area contributed by atoms with Gasteiger partial charge in [0.2, 0.25) is 15.9 Å². The molecule has 5 nitrogen and oxygen atoms in total. The maximum Gasteiger partial charge on any atom is 0.241 e. The first-order valence-electron chi connectivity index (χ1n) is 5.85. The highest BCUT2D eigenvalue weighted by Gasteiger charge is 2.27. The van der Waals surface area contributed by atoms with Crippen LogP contribution >= 0.6 is 15.9 Å². The van der Waals surface area contributed by atoms with Crippen molar-refractivity contribution < 1.29 is 13.2 Å². The Bertz CT molecular complexity index is 543. The van der Waals surface area contributed by atoms with Crippen LogP contribution in [0.3, 0.4) is 0 Å². The van der Waals surface area contributed by atoms with E-state index in [-0.39, 0.29) is 10.8 Å². The third kappa shape index (κ3) is 4.29. The van der Waals surface area contributed by atoms with Crippen molar-refractivity contribution >= 4 is 31.9 Å².